The number of aromatic nitrogens is 1. The molecular weight excluding hydrogens is 316 g/mol. The lowest BCUT2D eigenvalue weighted by Crippen LogP contribution is -2.49. The summed E-state index contributed by atoms with van der Waals surface area (Å²) in [6.07, 6.45) is -2.43. The zero-order valence-corrected chi connectivity index (χ0v) is 11.9. The summed E-state index contributed by atoms with van der Waals surface area (Å²) in [5.74, 6) is -1.30. The highest BCUT2D eigenvalue weighted by Crippen LogP contribution is 2.22. The molecule has 0 aliphatic carbocycles. The van der Waals surface area contributed by atoms with Gasteiger partial charge < -0.3 is 24.8 Å². The molecule has 0 saturated carbocycles. The van der Waals surface area contributed by atoms with Gasteiger partial charge in [-0.1, -0.05) is 0 Å². The number of carbonyl (C=O) groups is 2. The Hall–Kier alpha value is -2.49. The zero-order chi connectivity index (χ0) is 16.8. The number of carboxylic acid groups (broad SMARTS) is 1. The molecule has 1 saturated heterocycles. The molecule has 1 aliphatic heterocycles. The molecule has 1 atom stereocenters. The smallest absolute Gasteiger partial charge is 0.334 e. The maximum Gasteiger partial charge on any atom is 0.334 e. The van der Waals surface area contributed by atoms with Gasteiger partial charge in [0.15, 0.2) is 12.7 Å². The van der Waals surface area contributed by atoms with E-state index in [1.807, 2.05) is 0 Å². The van der Waals surface area contributed by atoms with Crippen molar-refractivity contribution in [2.24, 2.45) is 0 Å². The number of anilines is 1. The van der Waals surface area contributed by atoms with Crippen LogP contribution in [0.3, 0.4) is 0 Å². The van der Waals surface area contributed by atoms with Crippen molar-refractivity contribution in [1.82, 2.24) is 9.88 Å². The molecule has 0 radical (unpaired) electrons. The number of carbonyl (C=O) groups excluding carboxylic acids is 1. The van der Waals surface area contributed by atoms with Gasteiger partial charge in [0.2, 0.25) is 5.88 Å². The number of amides is 2. The summed E-state index contributed by atoms with van der Waals surface area (Å²) >= 11 is 0. The maximum atomic E-state index is 12.2. The first-order valence-corrected chi connectivity index (χ1v) is 6.73. The molecular formula is C13H15F2N3O5. The van der Waals surface area contributed by atoms with Gasteiger partial charge in [-0.3, -0.25) is 0 Å². The molecule has 126 valence electrons. The normalized spacial score (nSPS) is 17.9. The summed E-state index contributed by atoms with van der Waals surface area (Å²) in [6.45, 7) is -0.664. The Balaban J connectivity index is 2.01. The number of hydrogen-bond acceptors (Lipinski definition) is 5. The summed E-state index contributed by atoms with van der Waals surface area (Å²) < 4.78 is 34.3. The first kappa shape index (κ1) is 16.9. The van der Waals surface area contributed by atoms with Gasteiger partial charge in [-0.15, -0.1) is 0 Å². The van der Waals surface area contributed by atoms with Crippen LogP contribution in [0.1, 0.15) is 0 Å². The van der Waals surface area contributed by atoms with Crippen LogP contribution in [0, 0.1) is 0 Å². The molecule has 1 unspecified atom stereocenters. The lowest BCUT2D eigenvalue weighted by atomic mass is 10.3. The molecule has 2 rings (SSSR count). The van der Waals surface area contributed by atoms with Crippen molar-refractivity contribution in [3.63, 3.8) is 0 Å². The average molecular weight is 331 g/mol. The molecule has 1 fully saturated rings. The van der Waals surface area contributed by atoms with Gasteiger partial charge in [-0.2, -0.15) is 0 Å². The number of nitrogens with zero attached hydrogens (tertiary/aromatic N) is 2. The summed E-state index contributed by atoms with van der Waals surface area (Å²) in [5.41, 5.74) is 0.122. The highest BCUT2D eigenvalue weighted by molar-refractivity contribution is 5.91. The number of morpholine rings is 1. The second kappa shape index (κ2) is 7.68. The number of alkyl halides is 2. The van der Waals surface area contributed by atoms with Gasteiger partial charge in [0.1, 0.15) is 5.69 Å². The fraction of sp³-hybridized carbons (Fsp3) is 0.462. The van der Waals surface area contributed by atoms with Crippen LogP contribution in [0.4, 0.5) is 19.3 Å². The van der Waals surface area contributed by atoms with Crippen molar-refractivity contribution >= 4 is 17.7 Å². The van der Waals surface area contributed by atoms with E-state index in [0.717, 1.165) is 0 Å². The monoisotopic (exact) mass is 331 g/mol. The van der Waals surface area contributed by atoms with Gasteiger partial charge in [0, 0.05) is 12.7 Å². The molecule has 23 heavy (non-hydrogen) atoms. The SMILES string of the molecule is O=C(O)C1CN(C(=O)Nc2cccnc2OCC(F)F)CCO1. The van der Waals surface area contributed by atoms with Crippen LogP contribution in [0.5, 0.6) is 5.88 Å². The minimum atomic E-state index is -2.67. The topological polar surface area (TPSA) is 101 Å². The first-order chi connectivity index (χ1) is 11.0. The summed E-state index contributed by atoms with van der Waals surface area (Å²) in [7, 11) is 0. The van der Waals surface area contributed by atoms with E-state index in [0.29, 0.717) is 0 Å². The van der Waals surface area contributed by atoms with Gasteiger partial charge in [0.05, 0.1) is 13.2 Å². The van der Waals surface area contributed by atoms with Gasteiger partial charge >= 0.3 is 12.0 Å². The van der Waals surface area contributed by atoms with Crippen LogP contribution in [0.25, 0.3) is 0 Å². The predicted octanol–water partition coefficient (Wildman–Crippen LogP) is 1.04. The largest absolute Gasteiger partial charge is 0.479 e. The van der Waals surface area contributed by atoms with E-state index in [4.69, 9.17) is 14.6 Å². The van der Waals surface area contributed by atoms with Crippen LogP contribution < -0.4 is 10.1 Å². The highest BCUT2D eigenvalue weighted by atomic mass is 19.3. The Bertz CT molecular complexity index is 572. The Kier molecular flexibility index (Phi) is 5.63. The molecule has 1 aromatic rings. The van der Waals surface area contributed by atoms with Gasteiger partial charge in [-0.05, 0) is 12.1 Å². The minimum Gasteiger partial charge on any atom is -0.479 e. The standard InChI is InChI=1S/C13H15F2N3O5/c14-10(15)7-23-11-8(2-1-3-16-11)17-13(21)18-4-5-22-9(6-18)12(19)20/h1-3,9-10H,4-7H2,(H,17,21)(H,19,20). The molecule has 10 heteroatoms. The quantitative estimate of drug-likeness (QED) is 0.836. The number of ether oxygens (including phenoxy) is 2. The third-order valence-corrected chi connectivity index (χ3v) is 2.99. The number of aliphatic carboxylic acids is 1. The van der Waals surface area contributed by atoms with Crippen molar-refractivity contribution in [3.05, 3.63) is 18.3 Å². The number of hydrogen-bond donors (Lipinski definition) is 2. The Morgan fingerprint density at radius 3 is 3.04 bits per heavy atom. The Morgan fingerprint density at radius 1 is 1.57 bits per heavy atom. The summed E-state index contributed by atoms with van der Waals surface area (Å²) in [4.78, 5) is 28.1. The van der Waals surface area contributed by atoms with Gasteiger partial charge in [0.25, 0.3) is 6.43 Å². The van der Waals surface area contributed by atoms with Crippen molar-refractivity contribution in [3.8, 4) is 5.88 Å². The third kappa shape index (κ3) is 4.74. The lowest BCUT2D eigenvalue weighted by Gasteiger charge is -2.30. The molecule has 8 nitrogen and oxygen atoms in total. The van der Waals surface area contributed by atoms with Crippen molar-refractivity contribution < 1.29 is 33.0 Å². The summed E-state index contributed by atoms with van der Waals surface area (Å²) in [6, 6.07) is 2.36. The fourth-order valence-corrected chi connectivity index (χ4v) is 1.92. The van der Waals surface area contributed by atoms with Gasteiger partial charge in [-0.25, -0.2) is 23.4 Å². The number of pyridine rings is 1. The minimum absolute atomic E-state index is 0.0895. The van der Waals surface area contributed by atoms with Crippen LogP contribution >= 0.6 is 0 Å². The molecule has 0 aromatic carbocycles. The van der Waals surface area contributed by atoms with Crippen LogP contribution in [-0.2, 0) is 9.53 Å². The molecule has 0 spiro atoms. The predicted molar refractivity (Wildman–Crippen MR) is 73.7 cm³/mol. The molecule has 2 N–H and O–H groups in total. The first-order valence-electron chi connectivity index (χ1n) is 6.73. The van der Waals surface area contributed by atoms with E-state index >= 15 is 0 Å². The van der Waals surface area contributed by atoms with Crippen molar-refractivity contribution in [2.45, 2.75) is 12.5 Å². The zero-order valence-electron chi connectivity index (χ0n) is 11.9. The van der Waals surface area contributed by atoms with E-state index in [1.54, 1.807) is 0 Å². The van der Waals surface area contributed by atoms with E-state index in [1.165, 1.54) is 23.2 Å². The molecule has 2 heterocycles. The van der Waals surface area contributed by atoms with E-state index < -0.39 is 31.1 Å². The highest BCUT2D eigenvalue weighted by Gasteiger charge is 2.29. The number of nitrogens with one attached hydrogen (secondary N) is 1. The third-order valence-electron chi connectivity index (χ3n) is 2.99. The van der Waals surface area contributed by atoms with Crippen LogP contribution in [0.15, 0.2) is 18.3 Å². The van der Waals surface area contributed by atoms with Crippen molar-refractivity contribution in [1.29, 1.82) is 0 Å². The second-order valence-corrected chi connectivity index (χ2v) is 4.63. The average Bonchev–Trinajstić information content (AvgIpc) is 2.54. The number of carboxylic acids is 1. The molecule has 1 aromatic heterocycles. The molecule has 2 amide bonds. The number of rotatable bonds is 5. The number of halogens is 2. The van der Waals surface area contributed by atoms with E-state index in [2.05, 4.69) is 10.3 Å². The van der Waals surface area contributed by atoms with E-state index in [-0.39, 0.29) is 31.3 Å². The van der Waals surface area contributed by atoms with Crippen molar-refractivity contribution in [2.75, 3.05) is 31.6 Å². The Labute approximate surface area is 130 Å². The van der Waals surface area contributed by atoms with Crippen LogP contribution in [0.2, 0.25) is 0 Å². The van der Waals surface area contributed by atoms with E-state index in [9.17, 15) is 18.4 Å². The second-order valence-electron chi connectivity index (χ2n) is 4.63. The fourth-order valence-electron chi connectivity index (χ4n) is 1.92. The maximum absolute atomic E-state index is 12.2. The van der Waals surface area contributed by atoms with Crippen LogP contribution in [-0.4, -0.2) is 65.8 Å². The summed E-state index contributed by atoms with van der Waals surface area (Å²) in [5, 5.41) is 11.4. The molecule has 1 aliphatic rings. The Morgan fingerprint density at radius 2 is 2.35 bits per heavy atom. The lowest BCUT2D eigenvalue weighted by molar-refractivity contribution is -0.154. The molecule has 0 bridgehead atoms. The number of urea groups is 1.